The Morgan fingerprint density at radius 1 is 1.09 bits per heavy atom. The third-order valence-electron chi connectivity index (χ3n) is 4.46. The maximum absolute atomic E-state index is 13.9. The maximum atomic E-state index is 13.9. The first kappa shape index (κ1) is 22.3. The lowest BCUT2D eigenvalue weighted by molar-refractivity contribution is -0.143. The molecule has 0 unspecified atom stereocenters. The molecule has 0 aliphatic carbocycles. The van der Waals surface area contributed by atoms with E-state index in [1.165, 1.54) is 12.1 Å². The second-order valence-electron chi connectivity index (χ2n) is 6.63. The van der Waals surface area contributed by atoms with Crippen molar-refractivity contribution < 1.29 is 18.0 Å². The van der Waals surface area contributed by atoms with Crippen LogP contribution in [0.5, 0.6) is 0 Å². The van der Waals surface area contributed by atoms with Gasteiger partial charge in [0.25, 0.3) is 5.91 Å². The SMILES string of the molecule is O=C(NCc1ccc(Cl)c(Cl)c1)c1cnn(-c2nc(-c3ccccc3)cs2)c1C(F)(F)F. The number of hydrogen-bond donors (Lipinski definition) is 1. The van der Waals surface area contributed by atoms with Crippen LogP contribution in [0.25, 0.3) is 16.4 Å². The molecule has 0 aliphatic heterocycles. The smallest absolute Gasteiger partial charge is 0.348 e. The summed E-state index contributed by atoms with van der Waals surface area (Å²) < 4.78 is 42.3. The molecule has 0 saturated heterocycles. The molecule has 4 rings (SSSR count). The lowest BCUT2D eigenvalue weighted by atomic mass is 10.2. The fourth-order valence-electron chi connectivity index (χ4n) is 2.96. The third kappa shape index (κ3) is 4.64. The van der Waals surface area contributed by atoms with Gasteiger partial charge in [0.2, 0.25) is 5.13 Å². The fourth-order valence-corrected chi connectivity index (χ4v) is 4.08. The van der Waals surface area contributed by atoms with E-state index in [1.807, 2.05) is 6.07 Å². The molecule has 0 aliphatic rings. The zero-order valence-corrected chi connectivity index (χ0v) is 18.4. The molecule has 1 amide bonds. The number of alkyl halides is 3. The summed E-state index contributed by atoms with van der Waals surface area (Å²) in [5, 5.41) is 8.51. The number of nitrogens with one attached hydrogen (secondary N) is 1. The number of hydrogen-bond acceptors (Lipinski definition) is 4. The van der Waals surface area contributed by atoms with Crippen LogP contribution >= 0.6 is 34.5 Å². The van der Waals surface area contributed by atoms with Crippen molar-refractivity contribution in [3.05, 3.63) is 87.0 Å². The molecule has 1 N–H and O–H groups in total. The van der Waals surface area contributed by atoms with Crippen molar-refractivity contribution in [2.45, 2.75) is 12.7 Å². The number of thiazole rings is 1. The van der Waals surface area contributed by atoms with E-state index in [0.717, 1.165) is 23.1 Å². The van der Waals surface area contributed by atoms with E-state index < -0.39 is 23.3 Å². The van der Waals surface area contributed by atoms with Crippen LogP contribution in [0.4, 0.5) is 13.2 Å². The lowest BCUT2D eigenvalue weighted by Gasteiger charge is -2.11. The van der Waals surface area contributed by atoms with E-state index in [2.05, 4.69) is 15.4 Å². The average Bonchev–Trinajstić information content (AvgIpc) is 3.42. The quantitative estimate of drug-likeness (QED) is 0.355. The maximum Gasteiger partial charge on any atom is 0.434 e. The third-order valence-corrected chi connectivity index (χ3v) is 6.02. The van der Waals surface area contributed by atoms with E-state index in [9.17, 15) is 18.0 Å². The monoisotopic (exact) mass is 496 g/mol. The average molecular weight is 497 g/mol. The van der Waals surface area contributed by atoms with E-state index in [0.29, 0.717) is 21.0 Å². The zero-order chi connectivity index (χ0) is 22.9. The molecule has 2 heterocycles. The van der Waals surface area contributed by atoms with Gasteiger partial charge in [-0.05, 0) is 17.7 Å². The number of nitrogens with zero attached hydrogens (tertiary/aromatic N) is 3. The molecule has 5 nitrogen and oxygen atoms in total. The highest BCUT2D eigenvalue weighted by Crippen LogP contribution is 2.35. The number of carbonyl (C=O) groups excluding carboxylic acids is 1. The van der Waals surface area contributed by atoms with Gasteiger partial charge in [-0.2, -0.15) is 18.3 Å². The van der Waals surface area contributed by atoms with Crippen LogP contribution in [0.1, 0.15) is 21.6 Å². The summed E-state index contributed by atoms with van der Waals surface area (Å²) >= 11 is 12.8. The molecule has 0 saturated carbocycles. The first-order chi connectivity index (χ1) is 15.2. The number of rotatable bonds is 5. The molecule has 0 fully saturated rings. The Balaban J connectivity index is 1.62. The second kappa shape index (κ2) is 8.93. The van der Waals surface area contributed by atoms with Gasteiger partial charge in [0.05, 0.1) is 27.5 Å². The van der Waals surface area contributed by atoms with Gasteiger partial charge in [-0.15, -0.1) is 11.3 Å². The van der Waals surface area contributed by atoms with E-state index in [4.69, 9.17) is 23.2 Å². The summed E-state index contributed by atoms with van der Waals surface area (Å²) in [7, 11) is 0. The zero-order valence-electron chi connectivity index (χ0n) is 16.0. The highest BCUT2D eigenvalue weighted by Gasteiger charge is 2.41. The summed E-state index contributed by atoms with van der Waals surface area (Å²) in [5.41, 5.74) is 0.0587. The summed E-state index contributed by atoms with van der Waals surface area (Å²) in [6, 6.07) is 13.7. The van der Waals surface area contributed by atoms with E-state index in [-0.39, 0.29) is 16.7 Å². The summed E-state index contributed by atoms with van der Waals surface area (Å²) in [6.45, 7) is -0.0341. The largest absolute Gasteiger partial charge is 0.434 e. The van der Waals surface area contributed by atoms with Gasteiger partial charge >= 0.3 is 6.18 Å². The minimum atomic E-state index is -4.83. The fraction of sp³-hybridized carbons (Fsp3) is 0.0952. The summed E-state index contributed by atoms with van der Waals surface area (Å²) in [4.78, 5) is 16.8. The van der Waals surface area contributed by atoms with Crippen molar-refractivity contribution >= 4 is 40.4 Å². The number of aromatic nitrogens is 3. The van der Waals surface area contributed by atoms with Gasteiger partial charge < -0.3 is 5.32 Å². The lowest BCUT2D eigenvalue weighted by Crippen LogP contribution is -2.26. The molecule has 0 radical (unpaired) electrons. The van der Waals surface area contributed by atoms with Gasteiger partial charge in [0.1, 0.15) is 0 Å². The number of halogens is 5. The van der Waals surface area contributed by atoms with Crippen molar-refractivity contribution in [1.29, 1.82) is 0 Å². The number of benzene rings is 2. The van der Waals surface area contributed by atoms with Crippen LogP contribution < -0.4 is 5.32 Å². The van der Waals surface area contributed by atoms with Crippen molar-refractivity contribution in [3.63, 3.8) is 0 Å². The predicted molar refractivity (Wildman–Crippen MR) is 117 cm³/mol. The molecular weight excluding hydrogens is 484 g/mol. The highest BCUT2D eigenvalue weighted by atomic mass is 35.5. The van der Waals surface area contributed by atoms with Gasteiger partial charge in [-0.3, -0.25) is 4.79 Å². The molecule has 0 spiro atoms. The molecular formula is C21H13Cl2F3N4OS. The van der Waals surface area contributed by atoms with Gasteiger partial charge in [0, 0.05) is 17.5 Å². The highest BCUT2D eigenvalue weighted by molar-refractivity contribution is 7.12. The normalized spacial score (nSPS) is 11.5. The molecule has 164 valence electrons. The summed E-state index contributed by atoms with van der Waals surface area (Å²) in [6.07, 6.45) is -3.94. The van der Waals surface area contributed by atoms with Crippen molar-refractivity contribution in [1.82, 2.24) is 20.1 Å². The minimum absolute atomic E-state index is 0.000267. The van der Waals surface area contributed by atoms with Crippen molar-refractivity contribution in [3.8, 4) is 16.4 Å². The molecule has 4 aromatic rings. The van der Waals surface area contributed by atoms with Crippen molar-refractivity contribution in [2.75, 3.05) is 0 Å². The van der Waals surface area contributed by atoms with Crippen LogP contribution in [0.3, 0.4) is 0 Å². The number of carbonyl (C=O) groups is 1. The van der Waals surface area contributed by atoms with Gasteiger partial charge in [-0.25, -0.2) is 9.67 Å². The van der Waals surface area contributed by atoms with E-state index in [1.54, 1.807) is 35.7 Å². The predicted octanol–water partition coefficient (Wildman–Crippen LogP) is 6.25. The Morgan fingerprint density at radius 2 is 1.84 bits per heavy atom. The Labute approximate surface area is 194 Å². The standard InChI is InChI=1S/C21H13Cl2F3N4OS/c22-15-7-6-12(8-16(15)23)9-27-19(31)14-10-28-30(18(14)21(24,25)26)20-29-17(11-32-20)13-4-2-1-3-5-13/h1-8,10-11H,9H2,(H,27,31). The van der Waals surface area contributed by atoms with Crippen LogP contribution in [-0.4, -0.2) is 20.7 Å². The molecule has 2 aromatic carbocycles. The Kier molecular flexibility index (Phi) is 6.23. The molecule has 32 heavy (non-hydrogen) atoms. The Bertz CT molecular complexity index is 1270. The molecule has 11 heteroatoms. The number of amides is 1. The van der Waals surface area contributed by atoms with E-state index >= 15 is 0 Å². The topological polar surface area (TPSA) is 59.8 Å². The van der Waals surface area contributed by atoms with Gasteiger partial charge in [0.15, 0.2) is 5.69 Å². The molecule has 0 bridgehead atoms. The first-order valence-electron chi connectivity index (χ1n) is 9.12. The van der Waals surface area contributed by atoms with Crippen LogP contribution in [0, 0.1) is 0 Å². The van der Waals surface area contributed by atoms with Crippen LogP contribution in [0.15, 0.2) is 60.1 Å². The van der Waals surface area contributed by atoms with Gasteiger partial charge in [-0.1, -0.05) is 59.6 Å². The minimum Gasteiger partial charge on any atom is -0.348 e. The molecule has 2 aromatic heterocycles. The van der Waals surface area contributed by atoms with Crippen molar-refractivity contribution in [2.24, 2.45) is 0 Å². The summed E-state index contributed by atoms with van der Waals surface area (Å²) in [5.74, 6) is -0.922. The Morgan fingerprint density at radius 3 is 2.53 bits per heavy atom. The Hall–Kier alpha value is -2.88. The second-order valence-corrected chi connectivity index (χ2v) is 8.28. The van der Waals surface area contributed by atoms with Crippen LogP contribution in [0.2, 0.25) is 10.0 Å². The van der Waals surface area contributed by atoms with Crippen LogP contribution in [-0.2, 0) is 12.7 Å². The first-order valence-corrected chi connectivity index (χ1v) is 10.8. The molecule has 0 atom stereocenters.